The molecule has 8 heteroatoms. The molecule has 0 unspecified atom stereocenters. The number of rotatable bonds is 8. The molecule has 0 bridgehead atoms. The van der Waals surface area contributed by atoms with Crippen LogP contribution in [0.4, 0.5) is 5.69 Å². The first-order valence-corrected chi connectivity index (χ1v) is 10.2. The third-order valence-electron chi connectivity index (χ3n) is 4.72. The van der Waals surface area contributed by atoms with Crippen molar-refractivity contribution in [3.63, 3.8) is 0 Å². The summed E-state index contributed by atoms with van der Waals surface area (Å²) in [5.74, 6) is 0.613. The van der Waals surface area contributed by atoms with Crippen LogP contribution in [0.1, 0.15) is 43.2 Å². The van der Waals surface area contributed by atoms with Gasteiger partial charge >= 0.3 is 0 Å². The van der Waals surface area contributed by atoms with E-state index in [4.69, 9.17) is 4.52 Å². The van der Waals surface area contributed by atoms with Crippen molar-refractivity contribution in [2.45, 2.75) is 39.5 Å². The van der Waals surface area contributed by atoms with Gasteiger partial charge in [0, 0.05) is 24.1 Å². The molecule has 0 atom stereocenters. The third-order valence-corrected chi connectivity index (χ3v) is 4.72. The Balaban J connectivity index is 1.39. The molecule has 0 saturated carbocycles. The van der Waals surface area contributed by atoms with E-state index in [1.54, 1.807) is 0 Å². The predicted octanol–water partition coefficient (Wildman–Crippen LogP) is 3.36. The Bertz CT molecular complexity index is 1010. The lowest BCUT2D eigenvalue weighted by molar-refractivity contribution is -0.128. The maximum atomic E-state index is 12.0. The van der Waals surface area contributed by atoms with E-state index in [-0.39, 0.29) is 31.2 Å². The van der Waals surface area contributed by atoms with Crippen molar-refractivity contribution in [2.75, 3.05) is 11.9 Å². The highest BCUT2D eigenvalue weighted by Gasteiger charge is 2.12. The fourth-order valence-electron chi connectivity index (χ4n) is 2.81. The number of carbonyl (C=O) groups excluding carboxylic acids is 2. The van der Waals surface area contributed by atoms with Crippen molar-refractivity contribution in [3.05, 3.63) is 65.5 Å². The van der Waals surface area contributed by atoms with Gasteiger partial charge in [-0.15, -0.1) is 0 Å². The predicted molar refractivity (Wildman–Crippen MR) is 118 cm³/mol. The number of hydrogen-bond donors (Lipinski definition) is 3. The van der Waals surface area contributed by atoms with E-state index < -0.39 is 0 Å². The number of aryl methyl sites for hydroxylation is 2. The standard InChI is InChI=1S/C23H27N5O3/c1-15(2)17-6-8-18(9-7-17)23-25-22(31-28-23)13-12-20(29)26-27-21(30)14-24-19-10-4-16(3)5-11-19/h4-11,15,24H,12-14H2,1-3H3,(H,26,29)(H,27,30). The molecule has 0 saturated heterocycles. The van der Waals surface area contributed by atoms with E-state index in [1.807, 2.05) is 55.5 Å². The van der Waals surface area contributed by atoms with Gasteiger partial charge in [0.05, 0.1) is 6.54 Å². The summed E-state index contributed by atoms with van der Waals surface area (Å²) in [6.07, 6.45) is 0.389. The van der Waals surface area contributed by atoms with Gasteiger partial charge in [-0.3, -0.25) is 20.4 Å². The van der Waals surface area contributed by atoms with Crippen LogP contribution in [-0.4, -0.2) is 28.5 Å². The van der Waals surface area contributed by atoms with Crippen molar-refractivity contribution in [2.24, 2.45) is 0 Å². The van der Waals surface area contributed by atoms with Gasteiger partial charge in [-0.05, 0) is 30.5 Å². The number of aromatic nitrogens is 2. The fraction of sp³-hybridized carbons (Fsp3) is 0.304. The SMILES string of the molecule is Cc1ccc(NCC(=O)NNC(=O)CCc2nc(-c3ccc(C(C)C)cc3)no2)cc1. The summed E-state index contributed by atoms with van der Waals surface area (Å²) < 4.78 is 5.23. The molecule has 31 heavy (non-hydrogen) atoms. The van der Waals surface area contributed by atoms with E-state index in [9.17, 15) is 9.59 Å². The van der Waals surface area contributed by atoms with E-state index in [2.05, 4.69) is 40.2 Å². The van der Waals surface area contributed by atoms with Crippen LogP contribution >= 0.6 is 0 Å². The third kappa shape index (κ3) is 6.67. The minimum atomic E-state index is -0.348. The van der Waals surface area contributed by atoms with Crippen molar-refractivity contribution in [1.82, 2.24) is 21.0 Å². The number of hydrogen-bond acceptors (Lipinski definition) is 6. The van der Waals surface area contributed by atoms with Gasteiger partial charge in [-0.25, -0.2) is 0 Å². The minimum Gasteiger partial charge on any atom is -0.376 e. The van der Waals surface area contributed by atoms with Gasteiger partial charge in [0.1, 0.15) is 0 Å². The molecular weight excluding hydrogens is 394 g/mol. The monoisotopic (exact) mass is 421 g/mol. The van der Waals surface area contributed by atoms with Crippen LogP contribution in [0.2, 0.25) is 0 Å². The number of nitrogens with one attached hydrogen (secondary N) is 3. The molecule has 3 aromatic rings. The van der Waals surface area contributed by atoms with E-state index in [0.717, 1.165) is 16.8 Å². The van der Waals surface area contributed by atoms with Gasteiger partial charge in [-0.1, -0.05) is 61.0 Å². The lowest BCUT2D eigenvalue weighted by Crippen LogP contribution is -2.44. The second-order valence-corrected chi connectivity index (χ2v) is 7.60. The summed E-state index contributed by atoms with van der Waals surface area (Å²) >= 11 is 0. The molecule has 1 aromatic heterocycles. The summed E-state index contributed by atoms with van der Waals surface area (Å²) in [7, 11) is 0. The van der Waals surface area contributed by atoms with Crippen LogP contribution in [0.15, 0.2) is 53.1 Å². The number of anilines is 1. The van der Waals surface area contributed by atoms with Crippen molar-refractivity contribution < 1.29 is 14.1 Å². The number of benzene rings is 2. The normalized spacial score (nSPS) is 10.7. The lowest BCUT2D eigenvalue weighted by atomic mass is 10.0. The van der Waals surface area contributed by atoms with Crippen molar-refractivity contribution in [3.8, 4) is 11.4 Å². The smallest absolute Gasteiger partial charge is 0.257 e. The van der Waals surface area contributed by atoms with Gasteiger partial charge < -0.3 is 9.84 Å². The van der Waals surface area contributed by atoms with Crippen LogP contribution in [0.3, 0.4) is 0 Å². The molecule has 162 valence electrons. The van der Waals surface area contributed by atoms with Crippen molar-refractivity contribution >= 4 is 17.5 Å². The number of nitrogens with zero attached hydrogens (tertiary/aromatic N) is 2. The zero-order valence-corrected chi connectivity index (χ0v) is 17.9. The molecule has 0 radical (unpaired) electrons. The second kappa shape index (κ2) is 10.4. The molecule has 1 heterocycles. The molecule has 3 rings (SSSR count). The highest BCUT2D eigenvalue weighted by molar-refractivity contribution is 5.84. The van der Waals surface area contributed by atoms with Crippen LogP contribution in [0.25, 0.3) is 11.4 Å². The van der Waals surface area contributed by atoms with Gasteiger partial charge in [0.15, 0.2) is 0 Å². The van der Waals surface area contributed by atoms with Crippen LogP contribution < -0.4 is 16.2 Å². The zero-order valence-electron chi connectivity index (χ0n) is 17.9. The molecule has 0 spiro atoms. The summed E-state index contributed by atoms with van der Waals surface area (Å²) in [6, 6.07) is 15.7. The second-order valence-electron chi connectivity index (χ2n) is 7.60. The zero-order chi connectivity index (χ0) is 22.2. The quantitative estimate of drug-likeness (QED) is 0.481. The highest BCUT2D eigenvalue weighted by Crippen LogP contribution is 2.20. The number of hydrazine groups is 1. The van der Waals surface area contributed by atoms with Gasteiger partial charge in [-0.2, -0.15) is 4.98 Å². The Labute approximate surface area is 181 Å². The molecule has 3 N–H and O–H groups in total. The molecule has 2 amide bonds. The van der Waals surface area contributed by atoms with Gasteiger partial charge in [0.25, 0.3) is 5.91 Å². The first-order chi connectivity index (χ1) is 14.9. The summed E-state index contributed by atoms with van der Waals surface area (Å²) in [5.41, 5.74) is 8.83. The van der Waals surface area contributed by atoms with E-state index in [1.165, 1.54) is 5.56 Å². The maximum absolute atomic E-state index is 12.0. The number of amides is 2. The largest absolute Gasteiger partial charge is 0.376 e. The first kappa shape index (κ1) is 22.0. The van der Waals surface area contributed by atoms with E-state index in [0.29, 0.717) is 17.6 Å². The summed E-state index contributed by atoms with van der Waals surface area (Å²) in [6.45, 7) is 6.31. The lowest BCUT2D eigenvalue weighted by Gasteiger charge is -2.09. The molecule has 0 aliphatic heterocycles. The Hall–Kier alpha value is -3.68. The minimum absolute atomic E-state index is 0.0476. The Morgan fingerprint density at radius 2 is 1.65 bits per heavy atom. The highest BCUT2D eigenvalue weighted by atomic mass is 16.5. The Morgan fingerprint density at radius 1 is 0.968 bits per heavy atom. The molecule has 0 fully saturated rings. The Kier molecular flexibility index (Phi) is 7.37. The van der Waals surface area contributed by atoms with Crippen LogP contribution in [0, 0.1) is 6.92 Å². The van der Waals surface area contributed by atoms with Crippen molar-refractivity contribution in [1.29, 1.82) is 0 Å². The average Bonchev–Trinajstić information content (AvgIpc) is 3.25. The number of carbonyl (C=O) groups is 2. The van der Waals surface area contributed by atoms with E-state index >= 15 is 0 Å². The first-order valence-electron chi connectivity index (χ1n) is 10.2. The van der Waals surface area contributed by atoms with Gasteiger partial charge in [0.2, 0.25) is 17.6 Å². The average molecular weight is 422 g/mol. The van der Waals surface area contributed by atoms with Crippen LogP contribution in [-0.2, 0) is 16.0 Å². The molecule has 0 aliphatic carbocycles. The fourth-order valence-corrected chi connectivity index (χ4v) is 2.81. The summed E-state index contributed by atoms with van der Waals surface area (Å²) in [4.78, 5) is 28.2. The maximum Gasteiger partial charge on any atom is 0.257 e. The molecule has 0 aliphatic rings. The topological polar surface area (TPSA) is 109 Å². The van der Waals surface area contributed by atoms with Crippen LogP contribution in [0.5, 0.6) is 0 Å². The molecule has 8 nitrogen and oxygen atoms in total. The Morgan fingerprint density at radius 3 is 2.32 bits per heavy atom. The summed E-state index contributed by atoms with van der Waals surface area (Å²) in [5, 5.41) is 6.96. The molecule has 2 aromatic carbocycles. The molecular formula is C23H27N5O3.